The zero-order valence-corrected chi connectivity index (χ0v) is 15.2. The molecule has 1 fully saturated rings. The first kappa shape index (κ1) is 16.9. The highest BCUT2D eigenvalue weighted by Crippen LogP contribution is 2.40. The van der Waals surface area contributed by atoms with Crippen LogP contribution in [0.1, 0.15) is 33.3 Å². The Bertz CT molecular complexity index is 971. The lowest BCUT2D eigenvalue weighted by Gasteiger charge is -2.29. The molecular weight excluding hydrogens is 358 g/mol. The van der Waals surface area contributed by atoms with Crippen molar-refractivity contribution in [3.63, 3.8) is 0 Å². The summed E-state index contributed by atoms with van der Waals surface area (Å²) in [6.07, 6.45) is 6.07. The molecule has 0 spiro atoms. The maximum Gasteiger partial charge on any atom is 0.256 e. The monoisotopic (exact) mass is 377 g/mol. The number of hydrogen-bond donors (Lipinski definition) is 0. The second-order valence-corrected chi connectivity index (χ2v) is 6.85. The number of aromatic nitrogens is 3. The van der Waals surface area contributed by atoms with Gasteiger partial charge in [0.2, 0.25) is 0 Å². The van der Waals surface area contributed by atoms with Gasteiger partial charge in [-0.1, -0.05) is 6.07 Å². The molecule has 0 radical (unpaired) electrons. The number of morpholine rings is 1. The first-order chi connectivity index (χ1) is 13.8. The number of hydrogen-bond acceptors (Lipinski definition) is 7. The Balaban J connectivity index is 1.52. The topological polar surface area (TPSA) is 84.6 Å². The van der Waals surface area contributed by atoms with E-state index in [-0.39, 0.29) is 11.9 Å². The van der Waals surface area contributed by atoms with Gasteiger partial charge in [0.25, 0.3) is 5.91 Å². The van der Waals surface area contributed by atoms with Gasteiger partial charge >= 0.3 is 0 Å². The number of carbonyl (C=O) groups excluding carboxylic acids is 1. The highest BCUT2D eigenvalue weighted by atomic mass is 16.5. The molecule has 1 atom stereocenters. The lowest BCUT2D eigenvalue weighted by molar-refractivity contribution is 0.0702. The van der Waals surface area contributed by atoms with Crippen LogP contribution in [0.3, 0.4) is 0 Å². The van der Waals surface area contributed by atoms with Gasteiger partial charge in [0.1, 0.15) is 6.04 Å². The average molecular weight is 377 g/mol. The van der Waals surface area contributed by atoms with Gasteiger partial charge in [-0.2, -0.15) is 10.2 Å². The zero-order chi connectivity index (χ0) is 18.9. The van der Waals surface area contributed by atoms with E-state index in [9.17, 15) is 4.79 Å². The van der Waals surface area contributed by atoms with Crippen molar-refractivity contribution >= 4 is 11.6 Å². The van der Waals surface area contributed by atoms with Gasteiger partial charge in [0.05, 0.1) is 37.4 Å². The molecule has 2 aliphatic heterocycles. The first-order valence-corrected chi connectivity index (χ1v) is 9.23. The second kappa shape index (κ2) is 7.05. The Morgan fingerprint density at radius 2 is 2.00 bits per heavy atom. The van der Waals surface area contributed by atoms with Crippen LogP contribution in [0.2, 0.25) is 0 Å². The molecule has 0 aliphatic carbocycles. The molecule has 142 valence electrons. The molecule has 1 unspecified atom stereocenters. The van der Waals surface area contributed by atoms with Gasteiger partial charge < -0.3 is 19.0 Å². The normalized spacial score (nSPS) is 18.9. The number of rotatable bonds is 3. The fourth-order valence-electron chi connectivity index (χ4n) is 3.90. The van der Waals surface area contributed by atoms with Crippen molar-refractivity contribution < 1.29 is 13.9 Å². The smallest absolute Gasteiger partial charge is 0.256 e. The Labute approximate surface area is 161 Å². The lowest BCUT2D eigenvalue weighted by Crippen LogP contribution is -2.36. The van der Waals surface area contributed by atoms with Crippen LogP contribution in [0, 0.1) is 0 Å². The van der Waals surface area contributed by atoms with E-state index in [4.69, 9.17) is 9.15 Å². The number of benzene rings is 1. The molecule has 3 aromatic rings. The molecule has 8 nitrogen and oxygen atoms in total. The van der Waals surface area contributed by atoms with E-state index >= 15 is 0 Å². The van der Waals surface area contributed by atoms with E-state index in [1.165, 1.54) is 18.8 Å². The quantitative estimate of drug-likeness (QED) is 0.691. The Morgan fingerprint density at radius 3 is 2.75 bits per heavy atom. The van der Waals surface area contributed by atoms with Crippen LogP contribution >= 0.6 is 0 Å². The predicted molar refractivity (Wildman–Crippen MR) is 99.7 cm³/mol. The predicted octanol–water partition coefficient (Wildman–Crippen LogP) is 2.05. The van der Waals surface area contributed by atoms with Crippen molar-refractivity contribution in [2.45, 2.75) is 12.6 Å². The molecular formula is C20H19N5O3. The highest BCUT2D eigenvalue weighted by Gasteiger charge is 2.37. The summed E-state index contributed by atoms with van der Waals surface area (Å²) in [5.41, 5.74) is 3.82. The van der Waals surface area contributed by atoms with E-state index in [1.807, 2.05) is 0 Å². The zero-order valence-electron chi connectivity index (χ0n) is 15.2. The number of ether oxygens (including phenoxy) is 1. The largest absolute Gasteiger partial charge is 0.446 e. The van der Waals surface area contributed by atoms with E-state index in [2.05, 4.69) is 38.3 Å². The van der Waals surface area contributed by atoms with Crippen LogP contribution in [0.25, 0.3) is 0 Å². The molecule has 1 aromatic carbocycles. The number of anilines is 1. The van der Waals surface area contributed by atoms with Gasteiger partial charge in [-0.05, 0) is 29.3 Å². The van der Waals surface area contributed by atoms with Gasteiger partial charge in [-0.15, -0.1) is 0 Å². The fourth-order valence-corrected chi connectivity index (χ4v) is 3.90. The molecule has 28 heavy (non-hydrogen) atoms. The SMILES string of the molecule is O=C(c1ccnnc1)N1Cc2cc(N3CCOCC3)ccc2C1c1cnco1. The molecule has 0 N–H and O–H groups in total. The van der Waals surface area contributed by atoms with Gasteiger partial charge in [0, 0.05) is 25.3 Å². The molecule has 8 heteroatoms. The molecule has 2 aromatic heterocycles. The molecule has 4 heterocycles. The van der Waals surface area contributed by atoms with Crippen molar-refractivity contribution in [2.75, 3.05) is 31.2 Å². The maximum atomic E-state index is 13.2. The molecule has 1 saturated heterocycles. The summed E-state index contributed by atoms with van der Waals surface area (Å²) in [5.74, 6) is 0.536. The highest BCUT2D eigenvalue weighted by molar-refractivity contribution is 5.94. The number of fused-ring (bicyclic) bond motifs is 1. The van der Waals surface area contributed by atoms with Gasteiger partial charge in [-0.25, -0.2) is 4.98 Å². The Kier molecular flexibility index (Phi) is 4.25. The van der Waals surface area contributed by atoms with Crippen molar-refractivity contribution in [2.24, 2.45) is 0 Å². The summed E-state index contributed by atoms with van der Waals surface area (Å²) in [6, 6.07) is 7.73. The van der Waals surface area contributed by atoms with Crippen molar-refractivity contribution in [1.29, 1.82) is 0 Å². The summed E-state index contributed by atoms with van der Waals surface area (Å²) < 4.78 is 11.0. The summed E-state index contributed by atoms with van der Waals surface area (Å²) in [5, 5.41) is 7.60. The van der Waals surface area contributed by atoms with Crippen LogP contribution in [-0.4, -0.2) is 52.3 Å². The summed E-state index contributed by atoms with van der Waals surface area (Å²) in [6.45, 7) is 3.71. The minimum absolute atomic E-state index is 0.111. The van der Waals surface area contributed by atoms with Crippen molar-refractivity contribution in [3.8, 4) is 0 Å². The maximum absolute atomic E-state index is 13.2. The fraction of sp³-hybridized carbons (Fsp3) is 0.300. The molecule has 1 amide bonds. The number of amides is 1. The van der Waals surface area contributed by atoms with Gasteiger partial charge in [-0.3, -0.25) is 4.79 Å². The summed E-state index contributed by atoms with van der Waals surface area (Å²) in [4.78, 5) is 21.3. The minimum Gasteiger partial charge on any atom is -0.446 e. The summed E-state index contributed by atoms with van der Waals surface area (Å²) >= 11 is 0. The third kappa shape index (κ3) is 2.91. The van der Waals surface area contributed by atoms with Crippen molar-refractivity contribution in [1.82, 2.24) is 20.1 Å². The van der Waals surface area contributed by atoms with Crippen LogP contribution in [0.5, 0.6) is 0 Å². The van der Waals surface area contributed by atoms with E-state index in [1.54, 1.807) is 17.2 Å². The van der Waals surface area contributed by atoms with E-state index in [0.29, 0.717) is 17.9 Å². The average Bonchev–Trinajstić information content (AvgIpc) is 3.41. The molecule has 0 bridgehead atoms. The minimum atomic E-state index is -0.308. The Hall–Kier alpha value is -3.26. The Morgan fingerprint density at radius 1 is 1.11 bits per heavy atom. The van der Waals surface area contributed by atoms with Gasteiger partial charge in [0.15, 0.2) is 12.2 Å². The summed E-state index contributed by atoms with van der Waals surface area (Å²) in [7, 11) is 0. The second-order valence-electron chi connectivity index (χ2n) is 6.85. The van der Waals surface area contributed by atoms with E-state index in [0.717, 1.165) is 43.1 Å². The number of nitrogens with zero attached hydrogens (tertiary/aromatic N) is 5. The van der Waals surface area contributed by atoms with Crippen molar-refractivity contribution in [3.05, 3.63) is 71.7 Å². The van der Waals surface area contributed by atoms with Crippen LogP contribution in [-0.2, 0) is 11.3 Å². The standard InChI is InChI=1S/C20H19N5O3/c26-20(14-3-4-22-23-10-14)25-12-15-9-16(24-5-7-27-8-6-24)1-2-17(15)19(25)18-11-21-13-28-18/h1-4,9-11,13,19H,5-8,12H2. The number of oxazole rings is 1. The van der Waals surface area contributed by atoms with Crippen LogP contribution in [0.4, 0.5) is 5.69 Å². The van der Waals surface area contributed by atoms with Crippen LogP contribution < -0.4 is 4.90 Å². The van der Waals surface area contributed by atoms with E-state index < -0.39 is 0 Å². The number of carbonyl (C=O) groups is 1. The molecule has 2 aliphatic rings. The van der Waals surface area contributed by atoms with Crippen LogP contribution in [0.15, 0.2) is 53.7 Å². The third-order valence-corrected chi connectivity index (χ3v) is 5.26. The lowest BCUT2D eigenvalue weighted by atomic mass is 10.0. The third-order valence-electron chi connectivity index (χ3n) is 5.26. The molecule has 5 rings (SSSR count). The first-order valence-electron chi connectivity index (χ1n) is 9.23. The molecule has 0 saturated carbocycles.